The van der Waals surface area contributed by atoms with Crippen LogP contribution in [0, 0.1) is 0 Å². The van der Waals surface area contributed by atoms with E-state index in [4.69, 9.17) is 28.4 Å². The third-order valence-electron chi connectivity index (χ3n) is 12.2. The van der Waals surface area contributed by atoms with Crippen LogP contribution in [0.5, 0.6) is 0 Å². The van der Waals surface area contributed by atoms with Crippen LogP contribution in [0.2, 0.25) is 0 Å². The highest BCUT2D eigenvalue weighted by Gasteiger charge is 2.47. The molecule has 15 nitrogen and oxygen atoms in total. The Bertz CT molecular complexity index is 1170. The number of aliphatic hydroxyl groups is 7. The summed E-state index contributed by atoms with van der Waals surface area (Å²) in [5.41, 5.74) is 0. The summed E-state index contributed by atoms with van der Waals surface area (Å²) >= 11 is 0. The summed E-state index contributed by atoms with van der Waals surface area (Å²) in [6.45, 7) is 2.56. The van der Waals surface area contributed by atoms with Crippen molar-refractivity contribution in [2.45, 2.75) is 261 Å². The molecule has 2 aliphatic heterocycles. The smallest absolute Gasteiger partial charge is 0.306 e. The zero-order valence-electron chi connectivity index (χ0n) is 39.5. The van der Waals surface area contributed by atoms with Crippen molar-refractivity contribution < 1.29 is 73.8 Å². The fourth-order valence-electron chi connectivity index (χ4n) is 8.02. The highest BCUT2D eigenvalue weighted by atomic mass is 16.7. The molecule has 0 spiro atoms. The van der Waals surface area contributed by atoms with Gasteiger partial charge in [0.2, 0.25) is 0 Å². The van der Waals surface area contributed by atoms with Crippen molar-refractivity contribution in [3.63, 3.8) is 0 Å². The van der Waals surface area contributed by atoms with Gasteiger partial charge in [0.25, 0.3) is 0 Å². The summed E-state index contributed by atoms with van der Waals surface area (Å²) < 4.78 is 33.5. The number of unbranched alkanes of at least 4 members (excludes halogenated alkanes) is 23. The molecule has 0 radical (unpaired) electrons. The third-order valence-corrected chi connectivity index (χ3v) is 12.2. The predicted molar refractivity (Wildman–Crippen MR) is 243 cm³/mol. The van der Waals surface area contributed by atoms with E-state index in [2.05, 4.69) is 26.0 Å². The van der Waals surface area contributed by atoms with Gasteiger partial charge in [-0.2, -0.15) is 0 Å². The van der Waals surface area contributed by atoms with E-state index in [0.717, 1.165) is 57.8 Å². The van der Waals surface area contributed by atoms with E-state index in [1.165, 1.54) is 96.3 Å². The maximum atomic E-state index is 13.0. The van der Waals surface area contributed by atoms with Crippen molar-refractivity contribution >= 4 is 11.9 Å². The first kappa shape index (κ1) is 58.4. The van der Waals surface area contributed by atoms with Crippen LogP contribution in [0.25, 0.3) is 0 Å². The van der Waals surface area contributed by atoms with Gasteiger partial charge in [-0.25, -0.2) is 0 Å². The van der Waals surface area contributed by atoms with Gasteiger partial charge in [0.15, 0.2) is 18.7 Å². The minimum atomic E-state index is -1.76. The van der Waals surface area contributed by atoms with E-state index in [9.17, 15) is 45.3 Å². The molecular weight excluding hydrogens is 829 g/mol. The van der Waals surface area contributed by atoms with Crippen LogP contribution in [0.1, 0.15) is 194 Å². The Labute approximate surface area is 384 Å². The van der Waals surface area contributed by atoms with Crippen LogP contribution in [0.15, 0.2) is 12.2 Å². The number of aliphatic hydroxyl groups excluding tert-OH is 7. The molecule has 2 aliphatic rings. The monoisotopic (exact) mass is 919 g/mol. The second kappa shape index (κ2) is 37.2. The average Bonchev–Trinajstić information content (AvgIpc) is 3.29. The van der Waals surface area contributed by atoms with Crippen LogP contribution >= 0.6 is 0 Å². The first-order valence-electron chi connectivity index (χ1n) is 25.3. The minimum Gasteiger partial charge on any atom is -0.462 e. The molecule has 0 aromatic rings. The summed E-state index contributed by atoms with van der Waals surface area (Å²) in [7, 11) is 0. The highest BCUT2D eigenvalue weighted by Crippen LogP contribution is 2.26. The Kier molecular flexibility index (Phi) is 34.0. The molecule has 376 valence electrons. The zero-order valence-corrected chi connectivity index (χ0v) is 39.5. The van der Waals surface area contributed by atoms with Crippen LogP contribution < -0.4 is 0 Å². The topological polar surface area (TPSA) is 231 Å². The second-order valence-electron chi connectivity index (χ2n) is 18.0. The quantitative estimate of drug-likeness (QED) is 0.0196. The molecule has 2 heterocycles. The molecule has 2 rings (SSSR count). The maximum Gasteiger partial charge on any atom is 0.306 e. The molecular formula is C49H90O15. The molecule has 15 heteroatoms. The second-order valence-corrected chi connectivity index (χ2v) is 18.0. The Hall–Kier alpha value is -1.76. The van der Waals surface area contributed by atoms with Gasteiger partial charge in [0, 0.05) is 12.8 Å². The lowest BCUT2D eigenvalue weighted by atomic mass is 9.98. The highest BCUT2D eigenvalue weighted by molar-refractivity contribution is 5.70. The predicted octanol–water partition coefficient (Wildman–Crippen LogP) is 6.60. The molecule has 2 saturated heterocycles. The first-order valence-corrected chi connectivity index (χ1v) is 25.3. The lowest BCUT2D eigenvalue weighted by Gasteiger charge is -2.42. The number of hydrogen-bond acceptors (Lipinski definition) is 15. The molecule has 11 atom stereocenters. The zero-order chi connectivity index (χ0) is 46.8. The van der Waals surface area contributed by atoms with Crippen molar-refractivity contribution in [3.05, 3.63) is 12.2 Å². The molecule has 0 amide bonds. The molecule has 64 heavy (non-hydrogen) atoms. The van der Waals surface area contributed by atoms with Crippen molar-refractivity contribution in [1.82, 2.24) is 0 Å². The van der Waals surface area contributed by atoms with Crippen LogP contribution in [0.4, 0.5) is 0 Å². The van der Waals surface area contributed by atoms with Crippen molar-refractivity contribution in [2.24, 2.45) is 0 Å². The molecule has 0 aliphatic carbocycles. The van der Waals surface area contributed by atoms with E-state index >= 15 is 0 Å². The van der Waals surface area contributed by atoms with E-state index in [1.54, 1.807) is 0 Å². The minimum absolute atomic E-state index is 0.169. The summed E-state index contributed by atoms with van der Waals surface area (Å²) in [6.07, 6.45) is 18.2. The van der Waals surface area contributed by atoms with Gasteiger partial charge in [-0.05, 0) is 32.1 Å². The molecule has 0 aromatic carbocycles. The van der Waals surface area contributed by atoms with E-state index in [1.807, 2.05) is 0 Å². The Morgan fingerprint density at radius 2 is 0.906 bits per heavy atom. The van der Waals surface area contributed by atoms with E-state index in [-0.39, 0.29) is 26.1 Å². The lowest BCUT2D eigenvalue weighted by molar-refractivity contribution is -0.332. The normalized spacial score (nSPS) is 26.6. The fourth-order valence-corrected chi connectivity index (χ4v) is 8.02. The number of rotatable bonds is 39. The summed E-state index contributed by atoms with van der Waals surface area (Å²) in [5, 5.41) is 72.0. The Morgan fingerprint density at radius 3 is 1.42 bits per heavy atom. The third kappa shape index (κ3) is 25.4. The van der Waals surface area contributed by atoms with Crippen LogP contribution in [0.3, 0.4) is 0 Å². The van der Waals surface area contributed by atoms with Crippen molar-refractivity contribution in [1.29, 1.82) is 0 Å². The average molecular weight is 919 g/mol. The van der Waals surface area contributed by atoms with Gasteiger partial charge < -0.3 is 64.2 Å². The maximum absolute atomic E-state index is 13.0. The summed E-state index contributed by atoms with van der Waals surface area (Å²) in [5.74, 6) is -0.928. The van der Waals surface area contributed by atoms with Crippen LogP contribution in [-0.2, 0) is 38.0 Å². The van der Waals surface area contributed by atoms with Gasteiger partial charge in [0.1, 0.15) is 55.4 Å². The van der Waals surface area contributed by atoms with Gasteiger partial charge >= 0.3 is 11.9 Å². The number of allylic oxidation sites excluding steroid dienone is 2. The molecule has 7 N–H and O–H groups in total. The number of esters is 2. The van der Waals surface area contributed by atoms with E-state index < -0.39 is 92.7 Å². The number of ether oxygens (including phenoxy) is 6. The lowest BCUT2D eigenvalue weighted by Crippen LogP contribution is -2.61. The summed E-state index contributed by atoms with van der Waals surface area (Å²) in [4.78, 5) is 25.7. The van der Waals surface area contributed by atoms with Gasteiger partial charge in [-0.3, -0.25) is 9.59 Å². The van der Waals surface area contributed by atoms with Gasteiger partial charge in [0.05, 0.1) is 19.8 Å². The van der Waals surface area contributed by atoms with Crippen LogP contribution in [-0.4, -0.2) is 142 Å². The standard InChI is InChI=1S/C49H90O15/c1-3-5-7-9-11-13-15-16-17-18-19-20-22-24-26-28-30-32-41(52)62-37(34-59-40(51)31-29-27-25-23-21-14-12-10-8-6-4-2)35-60-48-47(58)45(56)43(54)39(64-48)36-61-49-46(57)44(55)42(53)38(33-50)63-49/h10,12,37-39,42-50,53-58H,3-9,11,13-36H2,1-2H3/b12-10+/t37-,38+,39+,42-,43-,44?,45?,46?,47?,48+,49+/m1/s1. The van der Waals surface area contributed by atoms with Crippen molar-refractivity contribution in [3.8, 4) is 0 Å². The largest absolute Gasteiger partial charge is 0.462 e. The molecule has 4 unspecified atom stereocenters. The molecule has 2 fully saturated rings. The van der Waals surface area contributed by atoms with Gasteiger partial charge in [-0.1, -0.05) is 161 Å². The molecule has 0 bridgehead atoms. The van der Waals surface area contributed by atoms with Gasteiger partial charge in [-0.15, -0.1) is 0 Å². The van der Waals surface area contributed by atoms with Crippen molar-refractivity contribution in [2.75, 3.05) is 26.4 Å². The number of carbonyl (C=O) groups is 2. The SMILES string of the molecule is CCCC/C=C/CCCCCCCC(=O)OC[C@H](CO[C@H]1O[C@@H](CO[C@H]2O[C@@H](CO)[C@@H](O)C(O)C2O)[C@@H](O)C(O)C1O)OC(=O)CCCCCCCCCCCCCCCCCCC. The van der Waals surface area contributed by atoms with E-state index in [0.29, 0.717) is 12.8 Å². The molecule has 0 aromatic heterocycles. The Balaban J connectivity index is 1.80. The fraction of sp³-hybridized carbons (Fsp3) is 0.918. The number of hydrogen-bond donors (Lipinski definition) is 7. The first-order chi connectivity index (χ1) is 31.0. The summed E-state index contributed by atoms with van der Waals surface area (Å²) in [6, 6.07) is 0. The number of carbonyl (C=O) groups excluding carboxylic acids is 2. The molecule has 0 saturated carbocycles. The Morgan fingerprint density at radius 1 is 0.484 bits per heavy atom.